The molecule has 0 atom stereocenters. The third-order valence-electron chi connectivity index (χ3n) is 9.52. The SMILES string of the molecule is C1=CC(c2nc(-c3ccccc3-c3cccc(-c4nc(-c5ccccc5)c(-c5ccccc5)nc4-c4ccccc4)c3)nc3ccccc23)=CCC1. The maximum Gasteiger partial charge on any atom is 0.161 e. The molecule has 1 aliphatic rings. The molecule has 0 bridgehead atoms. The van der Waals surface area contributed by atoms with Crippen LogP contribution in [0, 0.1) is 0 Å². The number of para-hydroxylation sites is 1. The quantitative estimate of drug-likeness (QED) is 0.170. The number of rotatable bonds is 7. The number of benzene rings is 6. The molecule has 246 valence electrons. The monoisotopic (exact) mass is 666 g/mol. The Kier molecular flexibility index (Phi) is 8.32. The number of nitrogens with zero attached hydrogens (tertiary/aromatic N) is 4. The predicted octanol–water partition coefficient (Wildman–Crippen LogP) is 12.2. The van der Waals surface area contributed by atoms with Crippen LogP contribution in [0.15, 0.2) is 182 Å². The lowest BCUT2D eigenvalue weighted by Crippen LogP contribution is -2.01. The van der Waals surface area contributed by atoms with Gasteiger partial charge < -0.3 is 0 Å². The highest BCUT2D eigenvalue weighted by Crippen LogP contribution is 2.40. The molecule has 0 saturated heterocycles. The molecular weight excluding hydrogens is 633 g/mol. The van der Waals surface area contributed by atoms with E-state index in [1.807, 2.05) is 36.4 Å². The van der Waals surface area contributed by atoms with E-state index in [9.17, 15) is 0 Å². The average Bonchev–Trinajstić information content (AvgIpc) is 3.24. The normalized spacial score (nSPS) is 12.5. The second kappa shape index (κ2) is 13.9. The van der Waals surface area contributed by atoms with Crippen LogP contribution in [-0.4, -0.2) is 19.9 Å². The molecule has 52 heavy (non-hydrogen) atoms. The first-order chi connectivity index (χ1) is 25.8. The third kappa shape index (κ3) is 6.01. The lowest BCUT2D eigenvalue weighted by atomic mass is 9.94. The summed E-state index contributed by atoms with van der Waals surface area (Å²) in [6.45, 7) is 0. The van der Waals surface area contributed by atoms with E-state index in [4.69, 9.17) is 19.9 Å². The van der Waals surface area contributed by atoms with E-state index in [2.05, 4.69) is 146 Å². The van der Waals surface area contributed by atoms with Gasteiger partial charge in [0.1, 0.15) is 0 Å². The van der Waals surface area contributed by atoms with Crippen molar-refractivity contribution in [3.63, 3.8) is 0 Å². The molecule has 0 radical (unpaired) electrons. The lowest BCUT2D eigenvalue weighted by Gasteiger charge is -2.17. The Morgan fingerprint density at radius 1 is 0.365 bits per heavy atom. The lowest BCUT2D eigenvalue weighted by molar-refractivity contribution is 1.04. The Labute approximate surface area is 303 Å². The molecule has 9 rings (SSSR count). The van der Waals surface area contributed by atoms with E-state index in [0.29, 0.717) is 5.82 Å². The number of fused-ring (bicyclic) bond motifs is 1. The van der Waals surface area contributed by atoms with Gasteiger partial charge in [0.15, 0.2) is 5.82 Å². The van der Waals surface area contributed by atoms with Crippen molar-refractivity contribution < 1.29 is 0 Å². The summed E-state index contributed by atoms with van der Waals surface area (Å²) in [7, 11) is 0. The van der Waals surface area contributed by atoms with Crippen LogP contribution in [0.4, 0.5) is 0 Å². The molecule has 0 unspecified atom stereocenters. The summed E-state index contributed by atoms with van der Waals surface area (Å²) in [5, 5.41) is 1.06. The van der Waals surface area contributed by atoms with Crippen molar-refractivity contribution in [2.75, 3.05) is 0 Å². The maximum atomic E-state index is 5.48. The smallest absolute Gasteiger partial charge is 0.161 e. The Balaban J connectivity index is 1.23. The molecule has 1 aliphatic carbocycles. The van der Waals surface area contributed by atoms with E-state index < -0.39 is 0 Å². The minimum absolute atomic E-state index is 0.706. The van der Waals surface area contributed by atoms with Gasteiger partial charge in [0.25, 0.3) is 0 Å². The number of hydrogen-bond donors (Lipinski definition) is 0. The summed E-state index contributed by atoms with van der Waals surface area (Å²) >= 11 is 0. The third-order valence-corrected chi connectivity index (χ3v) is 9.52. The fraction of sp³-hybridized carbons (Fsp3) is 0.0417. The standard InChI is InChI=1S/C48H34N4/c1-5-18-33(19-6-1)43-41-30-15-16-31-42(41)49-48(52-43)40-29-14-13-28-39(40)37-26-17-27-38(32-37)47-46(36-24-11-4-12-25-36)50-44(34-20-7-2-8-21-34)45(51-47)35-22-9-3-10-23-35/h2-5,7-32H,1,6H2. The van der Waals surface area contributed by atoms with Gasteiger partial charge in [-0.05, 0) is 41.7 Å². The van der Waals surface area contributed by atoms with Crippen molar-refractivity contribution in [2.24, 2.45) is 0 Å². The van der Waals surface area contributed by atoms with Gasteiger partial charge in [0.05, 0.1) is 34.0 Å². The maximum absolute atomic E-state index is 5.48. The van der Waals surface area contributed by atoms with Gasteiger partial charge in [-0.15, -0.1) is 0 Å². The Morgan fingerprint density at radius 2 is 0.885 bits per heavy atom. The molecule has 0 N–H and O–H groups in total. The van der Waals surface area contributed by atoms with Gasteiger partial charge in [-0.25, -0.2) is 19.9 Å². The summed E-state index contributed by atoms with van der Waals surface area (Å²) < 4.78 is 0. The van der Waals surface area contributed by atoms with Gasteiger partial charge in [0, 0.05) is 33.2 Å². The first-order valence-corrected chi connectivity index (χ1v) is 17.7. The average molecular weight is 667 g/mol. The van der Waals surface area contributed by atoms with Crippen LogP contribution in [0.1, 0.15) is 18.5 Å². The van der Waals surface area contributed by atoms with E-state index in [-0.39, 0.29) is 0 Å². The molecule has 4 nitrogen and oxygen atoms in total. The summed E-state index contributed by atoms with van der Waals surface area (Å²) in [6, 6.07) is 56.4. The second-order valence-electron chi connectivity index (χ2n) is 12.9. The van der Waals surface area contributed by atoms with Crippen LogP contribution in [0.5, 0.6) is 0 Å². The predicted molar refractivity (Wildman–Crippen MR) is 214 cm³/mol. The molecule has 0 fully saturated rings. The van der Waals surface area contributed by atoms with Crippen LogP contribution >= 0.6 is 0 Å². The van der Waals surface area contributed by atoms with Gasteiger partial charge in [-0.1, -0.05) is 170 Å². The number of allylic oxidation sites excluding steroid dienone is 4. The summed E-state index contributed by atoms with van der Waals surface area (Å²) in [6.07, 6.45) is 8.76. The van der Waals surface area contributed by atoms with E-state index in [1.165, 1.54) is 0 Å². The number of aromatic nitrogens is 4. The molecule has 4 heteroatoms. The van der Waals surface area contributed by atoms with E-state index >= 15 is 0 Å². The van der Waals surface area contributed by atoms with Crippen LogP contribution in [0.3, 0.4) is 0 Å². The minimum atomic E-state index is 0.706. The zero-order valence-corrected chi connectivity index (χ0v) is 28.5. The van der Waals surface area contributed by atoms with E-state index in [0.717, 1.165) is 96.7 Å². The second-order valence-corrected chi connectivity index (χ2v) is 12.9. The molecular formula is C48H34N4. The Bertz CT molecular complexity index is 2610. The van der Waals surface area contributed by atoms with Crippen molar-refractivity contribution in [3.8, 4) is 67.5 Å². The fourth-order valence-electron chi connectivity index (χ4n) is 7.00. The van der Waals surface area contributed by atoms with Gasteiger partial charge >= 0.3 is 0 Å². The molecule has 8 aromatic rings. The van der Waals surface area contributed by atoms with Crippen molar-refractivity contribution in [3.05, 3.63) is 188 Å². The highest BCUT2D eigenvalue weighted by atomic mass is 14.9. The first kappa shape index (κ1) is 31.2. The van der Waals surface area contributed by atoms with Crippen LogP contribution in [0.2, 0.25) is 0 Å². The summed E-state index contributed by atoms with van der Waals surface area (Å²) in [4.78, 5) is 21.3. The van der Waals surface area contributed by atoms with Gasteiger partial charge in [-0.3, -0.25) is 0 Å². The van der Waals surface area contributed by atoms with E-state index in [1.54, 1.807) is 0 Å². The Hall–Kier alpha value is -6.78. The molecule has 6 aromatic carbocycles. The highest BCUT2D eigenvalue weighted by molar-refractivity contribution is 5.95. The van der Waals surface area contributed by atoms with Crippen molar-refractivity contribution in [2.45, 2.75) is 12.8 Å². The molecule has 2 aromatic heterocycles. The molecule has 0 aliphatic heterocycles. The van der Waals surface area contributed by atoms with Gasteiger partial charge in [-0.2, -0.15) is 0 Å². The van der Waals surface area contributed by atoms with Crippen molar-refractivity contribution in [1.82, 2.24) is 19.9 Å². The Morgan fingerprint density at radius 3 is 1.50 bits per heavy atom. The van der Waals surface area contributed by atoms with Gasteiger partial charge in [0.2, 0.25) is 0 Å². The summed E-state index contributed by atoms with van der Waals surface area (Å²) in [5.74, 6) is 0.706. The molecule has 0 spiro atoms. The fourth-order valence-corrected chi connectivity index (χ4v) is 7.00. The topological polar surface area (TPSA) is 51.6 Å². The largest absolute Gasteiger partial charge is 0.243 e. The molecule has 2 heterocycles. The zero-order valence-electron chi connectivity index (χ0n) is 28.5. The number of hydrogen-bond acceptors (Lipinski definition) is 4. The summed E-state index contributed by atoms with van der Waals surface area (Å²) in [5.41, 5.74) is 13.5. The van der Waals surface area contributed by atoms with Crippen LogP contribution in [0.25, 0.3) is 84.0 Å². The molecule has 0 amide bonds. The van der Waals surface area contributed by atoms with Crippen LogP contribution < -0.4 is 0 Å². The highest BCUT2D eigenvalue weighted by Gasteiger charge is 2.21. The van der Waals surface area contributed by atoms with Crippen LogP contribution in [-0.2, 0) is 0 Å². The molecule has 0 saturated carbocycles. The van der Waals surface area contributed by atoms with Crippen molar-refractivity contribution >= 4 is 16.5 Å². The zero-order chi connectivity index (χ0) is 34.7. The van der Waals surface area contributed by atoms with Crippen molar-refractivity contribution in [1.29, 1.82) is 0 Å². The first-order valence-electron chi connectivity index (χ1n) is 17.7. The minimum Gasteiger partial charge on any atom is -0.243 e.